The molecule has 3 N–H and O–H groups in total. The second kappa shape index (κ2) is 12.7. The Bertz CT molecular complexity index is 1410. The first-order chi connectivity index (χ1) is 18.2. The topological polar surface area (TPSA) is 196 Å². The number of nitrogens with one attached hydrogen (secondary N) is 1. The minimum absolute atomic E-state index is 0.0707. The molecule has 0 aliphatic rings. The Morgan fingerprint density at radius 1 is 1.03 bits per heavy atom. The van der Waals surface area contributed by atoms with Gasteiger partial charge < -0.3 is 35.1 Å². The molecule has 14 heteroatoms. The Balaban J connectivity index is 1.82. The second-order valence-electron chi connectivity index (χ2n) is 7.36. The smallest absolute Gasteiger partial charge is 0.273 e. The molecule has 0 saturated heterocycles. The van der Waals surface area contributed by atoms with E-state index in [1.807, 2.05) is 0 Å². The van der Waals surface area contributed by atoms with Gasteiger partial charge in [0.05, 0.1) is 34.0 Å². The third-order valence-electron chi connectivity index (χ3n) is 4.77. The summed E-state index contributed by atoms with van der Waals surface area (Å²) in [5.74, 6) is -2.93. The van der Waals surface area contributed by atoms with Gasteiger partial charge in [0.15, 0.2) is 12.7 Å². The number of hydrogen-bond donors (Lipinski definition) is 3. The van der Waals surface area contributed by atoms with E-state index in [2.05, 4.69) is 15.6 Å². The van der Waals surface area contributed by atoms with Crippen LogP contribution in [0.2, 0.25) is 5.02 Å². The molecular weight excluding hydrogens is 524 g/mol. The van der Waals surface area contributed by atoms with Gasteiger partial charge in [-0.15, -0.1) is 0 Å². The first-order valence-corrected chi connectivity index (χ1v) is 10.9. The number of phenols is 2. The van der Waals surface area contributed by atoms with Crippen LogP contribution in [0, 0.1) is 10.1 Å². The zero-order valence-electron chi connectivity index (χ0n) is 19.2. The van der Waals surface area contributed by atoms with Gasteiger partial charge in [-0.05, 0) is 24.3 Å². The summed E-state index contributed by atoms with van der Waals surface area (Å²) in [5.41, 5.74) is -0.803. The summed E-state index contributed by atoms with van der Waals surface area (Å²) >= 11 is 6.13. The predicted octanol–water partition coefficient (Wildman–Crippen LogP) is 2.49. The number of carboxylic acid groups (broad SMARTS) is 1. The van der Waals surface area contributed by atoms with Gasteiger partial charge in [0.1, 0.15) is 11.5 Å². The van der Waals surface area contributed by atoms with Crippen molar-refractivity contribution in [3.8, 4) is 11.5 Å². The highest BCUT2D eigenvalue weighted by Gasteiger charge is 2.26. The van der Waals surface area contributed by atoms with E-state index in [-0.39, 0.29) is 22.7 Å². The van der Waals surface area contributed by atoms with Crippen molar-refractivity contribution in [2.75, 3.05) is 11.9 Å². The summed E-state index contributed by atoms with van der Waals surface area (Å²) in [6.07, 6.45) is 0.167. The number of carbonyl (C=O) groups is 2. The van der Waals surface area contributed by atoms with Crippen molar-refractivity contribution >= 4 is 47.3 Å². The van der Waals surface area contributed by atoms with E-state index in [4.69, 9.17) is 21.3 Å². The first-order valence-electron chi connectivity index (χ1n) is 10.6. The van der Waals surface area contributed by atoms with E-state index in [1.54, 1.807) is 30.3 Å². The molecule has 1 unspecified atom stereocenters. The monoisotopic (exact) mass is 541 g/mol. The maximum Gasteiger partial charge on any atom is 0.273 e. The molecule has 1 amide bonds. The van der Waals surface area contributed by atoms with Crippen molar-refractivity contribution in [2.45, 2.75) is 6.10 Å². The molecular formula is C24H18ClN4O9-. The normalized spacial score (nSPS) is 11.8. The van der Waals surface area contributed by atoms with E-state index in [0.717, 1.165) is 24.6 Å². The molecule has 13 nitrogen and oxygen atoms in total. The molecule has 196 valence electrons. The maximum atomic E-state index is 12.4. The third-order valence-corrected chi connectivity index (χ3v) is 5.08. The number of nitro benzene ring substituents is 1. The molecule has 0 bridgehead atoms. The lowest BCUT2D eigenvalue weighted by Crippen LogP contribution is -2.32. The van der Waals surface area contributed by atoms with E-state index in [1.165, 1.54) is 18.2 Å². The van der Waals surface area contributed by atoms with Crippen LogP contribution < -0.4 is 10.4 Å². The van der Waals surface area contributed by atoms with Gasteiger partial charge in [-0.2, -0.15) is 0 Å². The molecule has 3 aromatic carbocycles. The average Bonchev–Trinajstić information content (AvgIpc) is 2.87. The Labute approximate surface area is 219 Å². The number of amides is 1. The van der Waals surface area contributed by atoms with Crippen molar-refractivity contribution in [1.29, 1.82) is 0 Å². The molecule has 1 atom stereocenters. The van der Waals surface area contributed by atoms with E-state index in [9.17, 15) is 35.0 Å². The number of halogens is 1. The van der Waals surface area contributed by atoms with Crippen molar-refractivity contribution in [1.82, 2.24) is 0 Å². The summed E-state index contributed by atoms with van der Waals surface area (Å²) in [4.78, 5) is 44.7. The minimum Gasteiger partial charge on any atom is -0.546 e. The lowest BCUT2D eigenvalue weighted by Gasteiger charge is -2.21. The van der Waals surface area contributed by atoms with Crippen LogP contribution in [0.1, 0.15) is 22.8 Å². The number of anilines is 1. The van der Waals surface area contributed by atoms with Gasteiger partial charge in [0.25, 0.3) is 11.6 Å². The number of para-hydroxylation sites is 2. The van der Waals surface area contributed by atoms with E-state index in [0.29, 0.717) is 5.56 Å². The highest BCUT2D eigenvalue weighted by atomic mass is 35.5. The lowest BCUT2D eigenvalue weighted by molar-refractivity contribution is -0.384. The number of nitro groups is 1. The number of benzene rings is 3. The summed E-state index contributed by atoms with van der Waals surface area (Å²) in [6, 6.07) is 13.9. The highest BCUT2D eigenvalue weighted by molar-refractivity contribution is 6.32. The van der Waals surface area contributed by atoms with Crippen LogP contribution in [0.4, 0.5) is 11.4 Å². The molecule has 0 aliphatic heterocycles. The molecule has 0 saturated carbocycles. The molecule has 38 heavy (non-hydrogen) atoms. The molecule has 0 spiro atoms. The number of oxime groups is 2. The van der Waals surface area contributed by atoms with Crippen LogP contribution in [-0.4, -0.2) is 46.0 Å². The van der Waals surface area contributed by atoms with Crippen LogP contribution >= 0.6 is 11.6 Å². The Hall–Kier alpha value is -5.17. The number of phenolic OH excluding ortho intramolecular Hbond substituents is 2. The predicted molar refractivity (Wildman–Crippen MR) is 133 cm³/mol. The summed E-state index contributed by atoms with van der Waals surface area (Å²) < 4.78 is 0. The van der Waals surface area contributed by atoms with Gasteiger partial charge in [-0.25, -0.2) is 0 Å². The van der Waals surface area contributed by atoms with Crippen LogP contribution in [-0.2, 0) is 19.3 Å². The van der Waals surface area contributed by atoms with Gasteiger partial charge in [-0.3, -0.25) is 14.9 Å². The molecule has 3 rings (SSSR count). The van der Waals surface area contributed by atoms with Crippen LogP contribution in [0.3, 0.4) is 0 Å². The second-order valence-corrected chi connectivity index (χ2v) is 7.77. The SMILES string of the molecule is O=C(CON=Cc1ccccc1O)Nc1cc([N+](=O)[O-])cc(Cl)c1C(ON=Cc1ccccc1O)C(=O)[O-]. The van der Waals surface area contributed by atoms with E-state index < -0.39 is 45.8 Å². The highest BCUT2D eigenvalue weighted by Crippen LogP contribution is 2.36. The third kappa shape index (κ3) is 7.18. The number of nitrogens with zero attached hydrogens (tertiary/aromatic N) is 3. The fourth-order valence-electron chi connectivity index (χ4n) is 3.01. The molecule has 0 heterocycles. The Kier molecular flexibility index (Phi) is 9.16. The largest absolute Gasteiger partial charge is 0.546 e. The number of non-ortho nitro benzene ring substituents is 1. The molecule has 3 aromatic rings. The summed E-state index contributed by atoms with van der Waals surface area (Å²) in [5, 5.41) is 51.6. The van der Waals surface area contributed by atoms with Gasteiger partial charge in [0.2, 0.25) is 0 Å². The van der Waals surface area contributed by atoms with Gasteiger partial charge >= 0.3 is 0 Å². The number of aliphatic carboxylic acids is 1. The Morgan fingerprint density at radius 3 is 2.16 bits per heavy atom. The minimum atomic E-state index is -2.01. The quantitative estimate of drug-likeness (QED) is 0.185. The number of rotatable bonds is 11. The number of aromatic hydroxyl groups is 2. The number of hydrogen-bond acceptors (Lipinski definition) is 11. The summed E-state index contributed by atoms with van der Waals surface area (Å²) in [7, 11) is 0. The zero-order valence-corrected chi connectivity index (χ0v) is 19.9. The first kappa shape index (κ1) is 27.4. The lowest BCUT2D eigenvalue weighted by atomic mass is 10.1. The average molecular weight is 542 g/mol. The van der Waals surface area contributed by atoms with Gasteiger partial charge in [0, 0.05) is 28.8 Å². The van der Waals surface area contributed by atoms with Crippen LogP contribution in [0.25, 0.3) is 0 Å². The summed E-state index contributed by atoms with van der Waals surface area (Å²) in [6.45, 7) is -0.688. The van der Waals surface area contributed by atoms with Crippen molar-refractivity contribution < 1.29 is 39.5 Å². The fraction of sp³-hybridized carbons (Fsp3) is 0.0833. The molecule has 0 fully saturated rings. The standard InChI is InChI=1S/C24H19ClN4O9/c25-17-9-16(29(35)36)10-18(28-21(32)13-37-26-11-14-5-1-3-7-19(14)30)22(17)23(24(33)34)38-27-12-15-6-2-4-8-20(15)31/h1-12,23,30-31H,13H2,(H,28,32)(H,33,34)/p-1. The van der Waals surface area contributed by atoms with Crippen molar-refractivity contribution in [2.24, 2.45) is 10.3 Å². The van der Waals surface area contributed by atoms with Crippen molar-refractivity contribution in [3.63, 3.8) is 0 Å². The number of carboxylic acids is 1. The maximum absolute atomic E-state index is 12.4. The van der Waals surface area contributed by atoms with Gasteiger partial charge in [-0.1, -0.05) is 46.2 Å². The molecule has 0 radical (unpaired) electrons. The van der Waals surface area contributed by atoms with E-state index >= 15 is 0 Å². The fourth-order valence-corrected chi connectivity index (χ4v) is 3.32. The molecule has 0 aromatic heterocycles. The zero-order chi connectivity index (χ0) is 27.7. The van der Waals surface area contributed by atoms with Crippen LogP contribution in [0.5, 0.6) is 11.5 Å². The van der Waals surface area contributed by atoms with Crippen LogP contribution in [0.15, 0.2) is 71.0 Å². The number of carbonyl (C=O) groups excluding carboxylic acids is 2. The van der Waals surface area contributed by atoms with Crippen molar-refractivity contribution in [3.05, 3.63) is 92.5 Å². The Morgan fingerprint density at radius 2 is 1.61 bits per heavy atom. The molecule has 0 aliphatic carbocycles.